The van der Waals surface area contributed by atoms with Crippen molar-refractivity contribution in [2.24, 2.45) is 0 Å². The van der Waals surface area contributed by atoms with Gasteiger partial charge in [-0.2, -0.15) is 0 Å². The fourth-order valence-corrected chi connectivity index (χ4v) is 9.44. The quantitative estimate of drug-likeness (QED) is 0.181. The molecule has 3 aliphatic rings. The highest BCUT2D eigenvalue weighted by Crippen LogP contribution is 2.58. The van der Waals surface area contributed by atoms with Crippen LogP contribution < -0.4 is 15.8 Å². The lowest BCUT2D eigenvalue weighted by atomic mass is 9.43. The minimum absolute atomic E-state index is 0.0404. The van der Waals surface area contributed by atoms with E-state index in [0.29, 0.717) is 0 Å². The van der Waals surface area contributed by atoms with Crippen molar-refractivity contribution in [3.63, 3.8) is 0 Å². The molecule has 0 fully saturated rings. The third kappa shape index (κ3) is 2.99. The van der Waals surface area contributed by atoms with E-state index in [-0.39, 0.29) is 6.85 Å². The van der Waals surface area contributed by atoms with Crippen LogP contribution in [-0.4, -0.2) is 11.3 Å². The molecule has 11 rings (SSSR count). The summed E-state index contributed by atoms with van der Waals surface area (Å²) < 4.78 is 2.65. The van der Waals surface area contributed by atoms with Crippen LogP contribution in [0.15, 0.2) is 158 Å². The predicted octanol–water partition coefficient (Wildman–Crippen LogP) is 9.22. The van der Waals surface area contributed by atoms with Crippen molar-refractivity contribution in [3.05, 3.63) is 186 Å². The Labute approximate surface area is 274 Å². The Morgan fingerprint density at radius 2 is 1.19 bits per heavy atom. The largest absolute Gasteiger partial charge is 0.375 e. The molecule has 1 aromatic heterocycles. The summed E-state index contributed by atoms with van der Waals surface area (Å²) in [6.45, 7) is 2.30. The summed E-state index contributed by atoms with van der Waals surface area (Å²) in [6, 6.07) is 59.2. The van der Waals surface area contributed by atoms with Crippen LogP contribution in [0.4, 0.5) is 17.1 Å². The standard InChI is InChI=1S/C44H29BN2/c1-28-26-34-33-20-12-19-32-31-18-8-10-24-38(31)47(42(32)33)45-37-23-13-22-36-43(37)46(40(27-28)41(34)45)39-25-11-9-21-35(39)44(36,29-14-4-2-5-15-29)30-16-6-3-7-17-30/h2-27H,1H3. The molecule has 218 valence electrons. The molecule has 0 atom stereocenters. The van der Waals surface area contributed by atoms with E-state index in [4.69, 9.17) is 0 Å². The Bertz CT molecular complexity index is 2560. The molecular formula is C44H29BN2. The van der Waals surface area contributed by atoms with E-state index in [9.17, 15) is 0 Å². The van der Waals surface area contributed by atoms with E-state index in [1.165, 1.54) is 88.7 Å². The highest BCUT2D eigenvalue weighted by atomic mass is 15.2. The second kappa shape index (κ2) is 8.93. The molecule has 0 spiro atoms. The lowest BCUT2D eigenvalue weighted by molar-refractivity contribution is 0.732. The summed E-state index contributed by atoms with van der Waals surface area (Å²) in [5.41, 5.74) is 17.9. The summed E-state index contributed by atoms with van der Waals surface area (Å²) in [5, 5.41) is 2.64. The second-order valence-electron chi connectivity index (χ2n) is 13.3. The van der Waals surface area contributed by atoms with Gasteiger partial charge in [0, 0.05) is 38.7 Å². The second-order valence-corrected chi connectivity index (χ2v) is 13.3. The van der Waals surface area contributed by atoms with Crippen molar-refractivity contribution in [2.75, 3.05) is 4.90 Å². The van der Waals surface area contributed by atoms with Gasteiger partial charge in [-0.25, -0.2) is 0 Å². The van der Waals surface area contributed by atoms with Crippen LogP contribution in [0.1, 0.15) is 27.8 Å². The number of aromatic nitrogens is 1. The van der Waals surface area contributed by atoms with E-state index in [0.717, 1.165) is 0 Å². The maximum Gasteiger partial charge on any atom is 0.333 e. The minimum atomic E-state index is -0.494. The molecule has 0 saturated carbocycles. The van der Waals surface area contributed by atoms with Gasteiger partial charge in [0.25, 0.3) is 0 Å². The monoisotopic (exact) mass is 596 g/mol. The van der Waals surface area contributed by atoms with Gasteiger partial charge < -0.3 is 9.38 Å². The lowest BCUT2D eigenvalue weighted by Crippen LogP contribution is -2.58. The van der Waals surface area contributed by atoms with E-state index < -0.39 is 5.41 Å². The van der Waals surface area contributed by atoms with Crippen molar-refractivity contribution in [3.8, 4) is 11.1 Å². The molecule has 0 aliphatic carbocycles. The molecule has 0 bridgehead atoms. The maximum atomic E-state index is 2.65. The van der Waals surface area contributed by atoms with Crippen LogP contribution in [0.5, 0.6) is 0 Å². The smallest absolute Gasteiger partial charge is 0.333 e. The van der Waals surface area contributed by atoms with Gasteiger partial charge in [-0.05, 0) is 69.4 Å². The summed E-state index contributed by atoms with van der Waals surface area (Å²) in [4.78, 5) is 2.60. The average Bonchev–Trinajstić information content (AvgIpc) is 3.47. The van der Waals surface area contributed by atoms with Crippen LogP contribution >= 0.6 is 0 Å². The third-order valence-electron chi connectivity index (χ3n) is 11.0. The van der Waals surface area contributed by atoms with Gasteiger partial charge in [0.15, 0.2) is 0 Å². The molecular weight excluding hydrogens is 567 g/mol. The Kier molecular flexibility index (Phi) is 4.82. The lowest BCUT2D eigenvalue weighted by Gasteiger charge is -2.50. The number of anilines is 3. The Morgan fingerprint density at radius 3 is 2.00 bits per heavy atom. The normalized spacial score (nSPS) is 14.6. The molecule has 0 amide bonds. The van der Waals surface area contributed by atoms with E-state index in [1.54, 1.807) is 0 Å². The molecule has 2 nitrogen and oxygen atoms in total. The summed E-state index contributed by atoms with van der Waals surface area (Å²) in [7, 11) is 0. The van der Waals surface area contributed by atoms with E-state index in [2.05, 4.69) is 174 Å². The van der Waals surface area contributed by atoms with Crippen molar-refractivity contribution in [2.45, 2.75) is 12.3 Å². The fraction of sp³-hybridized carbons (Fsp3) is 0.0455. The van der Waals surface area contributed by atoms with Gasteiger partial charge in [-0.1, -0.05) is 140 Å². The number of benzene rings is 7. The van der Waals surface area contributed by atoms with E-state index in [1.807, 2.05) is 0 Å². The molecule has 0 unspecified atom stereocenters. The summed E-state index contributed by atoms with van der Waals surface area (Å²) in [6.07, 6.45) is 0. The van der Waals surface area contributed by atoms with Crippen molar-refractivity contribution in [1.29, 1.82) is 0 Å². The van der Waals surface area contributed by atoms with E-state index >= 15 is 0 Å². The number of aryl methyl sites for hydroxylation is 1. The molecule has 47 heavy (non-hydrogen) atoms. The van der Waals surface area contributed by atoms with Gasteiger partial charge in [0.2, 0.25) is 0 Å². The first kappa shape index (κ1) is 25.4. The van der Waals surface area contributed by atoms with Gasteiger partial charge in [0.1, 0.15) is 0 Å². The summed E-state index contributed by atoms with van der Waals surface area (Å²) >= 11 is 0. The van der Waals surface area contributed by atoms with Crippen molar-refractivity contribution >= 4 is 56.6 Å². The summed E-state index contributed by atoms with van der Waals surface area (Å²) in [5.74, 6) is 0. The zero-order valence-electron chi connectivity index (χ0n) is 26.0. The van der Waals surface area contributed by atoms with Crippen LogP contribution in [0.3, 0.4) is 0 Å². The van der Waals surface area contributed by atoms with Gasteiger partial charge in [-0.3, -0.25) is 0 Å². The first-order valence-electron chi connectivity index (χ1n) is 16.6. The topological polar surface area (TPSA) is 8.17 Å². The van der Waals surface area contributed by atoms with Gasteiger partial charge in [0.05, 0.1) is 11.1 Å². The first-order valence-corrected chi connectivity index (χ1v) is 16.6. The molecule has 3 aliphatic heterocycles. The van der Waals surface area contributed by atoms with Crippen LogP contribution in [-0.2, 0) is 5.41 Å². The zero-order chi connectivity index (χ0) is 30.9. The number of hydrogen-bond donors (Lipinski definition) is 0. The minimum Gasteiger partial charge on any atom is -0.375 e. The number of nitrogens with zero attached hydrogens (tertiary/aromatic N) is 2. The highest BCUT2D eigenvalue weighted by Gasteiger charge is 2.51. The Morgan fingerprint density at radius 1 is 0.532 bits per heavy atom. The fourth-order valence-electron chi connectivity index (χ4n) is 9.44. The SMILES string of the molecule is Cc1cc2c3c(c1)N1c4ccccc4C(c4ccccc4)(c4ccccc4)c4cccc(c41)B3n1c3ccccc3c3cccc-2c31. The number of para-hydroxylation sites is 4. The Balaban J connectivity index is 1.36. The zero-order valence-corrected chi connectivity index (χ0v) is 26.0. The molecule has 0 radical (unpaired) electrons. The number of hydrogen-bond acceptors (Lipinski definition) is 1. The third-order valence-corrected chi connectivity index (χ3v) is 11.0. The highest BCUT2D eigenvalue weighted by molar-refractivity contribution is 6.90. The molecule has 0 saturated heterocycles. The van der Waals surface area contributed by atoms with Gasteiger partial charge >= 0.3 is 6.85 Å². The van der Waals surface area contributed by atoms with Crippen LogP contribution in [0.2, 0.25) is 0 Å². The average molecular weight is 597 g/mol. The molecule has 4 heterocycles. The van der Waals surface area contributed by atoms with Crippen molar-refractivity contribution < 1.29 is 0 Å². The van der Waals surface area contributed by atoms with Gasteiger partial charge in [-0.15, -0.1) is 0 Å². The first-order chi connectivity index (χ1) is 23.3. The van der Waals surface area contributed by atoms with Crippen LogP contribution in [0, 0.1) is 6.92 Å². The predicted molar refractivity (Wildman–Crippen MR) is 197 cm³/mol. The van der Waals surface area contributed by atoms with Crippen molar-refractivity contribution in [1.82, 2.24) is 4.48 Å². The Hall–Kier alpha value is -5.80. The molecule has 7 aromatic carbocycles. The number of fused-ring (bicyclic) bond motifs is 9. The number of rotatable bonds is 2. The molecule has 8 aromatic rings. The molecule has 0 N–H and O–H groups in total. The van der Waals surface area contributed by atoms with Crippen LogP contribution in [0.25, 0.3) is 32.9 Å². The molecule has 3 heteroatoms. The maximum absolute atomic E-state index is 2.65.